The predicted molar refractivity (Wildman–Crippen MR) is 85.9 cm³/mol. The first kappa shape index (κ1) is 15.1. The Balaban J connectivity index is 2.33. The molecule has 0 aliphatic carbocycles. The zero-order valence-electron chi connectivity index (χ0n) is 12.5. The second-order valence-electron chi connectivity index (χ2n) is 5.30. The summed E-state index contributed by atoms with van der Waals surface area (Å²) in [5.41, 5.74) is 11.0. The van der Waals surface area contributed by atoms with E-state index in [-0.39, 0.29) is 5.82 Å². The average molecular weight is 285 g/mol. The van der Waals surface area contributed by atoms with Crippen molar-refractivity contribution in [2.45, 2.75) is 20.8 Å². The fourth-order valence-corrected chi connectivity index (χ4v) is 2.29. The summed E-state index contributed by atoms with van der Waals surface area (Å²) in [6, 6.07) is 10.6. The van der Waals surface area contributed by atoms with Gasteiger partial charge in [-0.05, 0) is 56.2 Å². The van der Waals surface area contributed by atoms with Crippen LogP contribution < -0.4 is 16.6 Å². The fraction of sp³-hybridized carbons (Fsp3) is 0.176. The highest BCUT2D eigenvalue weighted by molar-refractivity contribution is 5.67. The molecule has 0 atom stereocenters. The van der Waals surface area contributed by atoms with Crippen molar-refractivity contribution in [2.75, 3.05) is 5.01 Å². The molecule has 21 heavy (non-hydrogen) atoms. The Morgan fingerprint density at radius 1 is 1.05 bits per heavy atom. The molecule has 0 saturated carbocycles. The molecule has 4 N–H and O–H groups in total. The van der Waals surface area contributed by atoms with Crippen LogP contribution in [0.2, 0.25) is 0 Å². The topological polar surface area (TPSA) is 55.3 Å². The Hall–Kier alpha value is -2.33. The normalized spacial score (nSPS) is 11.6. The van der Waals surface area contributed by atoms with Gasteiger partial charge < -0.3 is 5.73 Å². The van der Waals surface area contributed by atoms with E-state index >= 15 is 0 Å². The number of nitrogens with two attached hydrogens (primary N) is 2. The first-order valence-corrected chi connectivity index (χ1v) is 6.73. The van der Waals surface area contributed by atoms with Crippen LogP contribution in [0.5, 0.6) is 0 Å². The van der Waals surface area contributed by atoms with Gasteiger partial charge in [0, 0.05) is 11.8 Å². The van der Waals surface area contributed by atoms with Gasteiger partial charge in [0.1, 0.15) is 5.82 Å². The number of halogens is 1. The summed E-state index contributed by atoms with van der Waals surface area (Å²) in [6.45, 7) is 5.83. The Kier molecular flexibility index (Phi) is 4.29. The van der Waals surface area contributed by atoms with Crippen molar-refractivity contribution in [2.24, 2.45) is 11.6 Å². The number of benzene rings is 2. The van der Waals surface area contributed by atoms with Gasteiger partial charge in [-0.2, -0.15) is 0 Å². The van der Waals surface area contributed by atoms with Crippen molar-refractivity contribution in [1.29, 1.82) is 0 Å². The summed E-state index contributed by atoms with van der Waals surface area (Å²) in [4.78, 5) is 0. The van der Waals surface area contributed by atoms with Crippen LogP contribution in [0.25, 0.3) is 5.70 Å². The number of aryl methyl sites for hydroxylation is 3. The molecule has 3 nitrogen and oxygen atoms in total. The minimum absolute atomic E-state index is 0.309. The molecule has 0 fully saturated rings. The fourth-order valence-electron chi connectivity index (χ4n) is 2.29. The monoisotopic (exact) mass is 285 g/mol. The molecule has 0 heterocycles. The lowest BCUT2D eigenvalue weighted by molar-refractivity contribution is 0.626. The number of hydrazine groups is 1. The van der Waals surface area contributed by atoms with E-state index < -0.39 is 0 Å². The summed E-state index contributed by atoms with van der Waals surface area (Å²) in [6.07, 6.45) is 1.60. The molecule has 0 aliphatic heterocycles. The Bertz CT molecular complexity index is 672. The van der Waals surface area contributed by atoms with Crippen molar-refractivity contribution in [1.82, 2.24) is 0 Å². The van der Waals surface area contributed by atoms with Crippen LogP contribution in [0.15, 0.2) is 42.6 Å². The standard InChI is InChI=1S/C17H20FN3/c1-11-4-5-17(13(3)6-11)21(20)10-16(19)14-7-12(2)8-15(18)9-14/h4-10H,19-20H2,1-3H3/b16-10-. The number of hydrogen-bond donors (Lipinski definition) is 2. The lowest BCUT2D eigenvalue weighted by atomic mass is 10.1. The van der Waals surface area contributed by atoms with Crippen LogP contribution >= 0.6 is 0 Å². The molecule has 0 aliphatic rings. The lowest BCUT2D eigenvalue weighted by Gasteiger charge is -2.18. The molecule has 2 aromatic rings. The van der Waals surface area contributed by atoms with Crippen molar-refractivity contribution >= 4 is 11.4 Å². The van der Waals surface area contributed by atoms with Crippen molar-refractivity contribution < 1.29 is 4.39 Å². The first-order valence-electron chi connectivity index (χ1n) is 6.73. The third kappa shape index (κ3) is 3.61. The molecule has 0 saturated heterocycles. The second-order valence-corrected chi connectivity index (χ2v) is 5.30. The number of hydrogen-bond acceptors (Lipinski definition) is 3. The van der Waals surface area contributed by atoms with E-state index in [0.29, 0.717) is 11.3 Å². The Morgan fingerprint density at radius 2 is 1.76 bits per heavy atom. The smallest absolute Gasteiger partial charge is 0.124 e. The van der Waals surface area contributed by atoms with Crippen LogP contribution in [-0.4, -0.2) is 0 Å². The largest absolute Gasteiger partial charge is 0.397 e. The molecular formula is C17H20FN3. The van der Waals surface area contributed by atoms with Gasteiger partial charge in [0.25, 0.3) is 0 Å². The van der Waals surface area contributed by atoms with E-state index in [1.54, 1.807) is 6.20 Å². The summed E-state index contributed by atoms with van der Waals surface area (Å²) < 4.78 is 13.4. The maximum absolute atomic E-state index is 13.4. The maximum Gasteiger partial charge on any atom is 0.124 e. The van der Waals surface area contributed by atoms with Crippen molar-refractivity contribution in [3.05, 3.63) is 70.7 Å². The number of anilines is 1. The molecule has 0 amide bonds. The SMILES string of the molecule is Cc1cc(F)cc(/C(N)=C/N(N)c2ccc(C)cc2C)c1. The van der Waals surface area contributed by atoms with Gasteiger partial charge in [0.2, 0.25) is 0 Å². The summed E-state index contributed by atoms with van der Waals surface area (Å²) in [5.74, 6) is 5.73. The van der Waals surface area contributed by atoms with Crippen LogP contribution in [0.1, 0.15) is 22.3 Å². The molecule has 0 spiro atoms. The molecule has 0 bridgehead atoms. The minimum Gasteiger partial charge on any atom is -0.397 e. The van der Waals surface area contributed by atoms with E-state index in [1.165, 1.54) is 22.7 Å². The summed E-state index contributed by atoms with van der Waals surface area (Å²) in [5, 5.41) is 1.46. The second kappa shape index (κ2) is 5.97. The van der Waals surface area contributed by atoms with Gasteiger partial charge in [-0.15, -0.1) is 0 Å². The van der Waals surface area contributed by atoms with Crippen molar-refractivity contribution in [3.63, 3.8) is 0 Å². The molecule has 2 rings (SSSR count). The van der Waals surface area contributed by atoms with Crippen LogP contribution in [0, 0.1) is 26.6 Å². The maximum atomic E-state index is 13.4. The highest BCUT2D eigenvalue weighted by atomic mass is 19.1. The van der Waals surface area contributed by atoms with Gasteiger partial charge in [0.15, 0.2) is 0 Å². The average Bonchev–Trinajstić information content (AvgIpc) is 2.37. The van der Waals surface area contributed by atoms with Gasteiger partial charge in [-0.1, -0.05) is 17.7 Å². The molecule has 0 aromatic heterocycles. The zero-order chi connectivity index (χ0) is 15.6. The van der Waals surface area contributed by atoms with Crippen molar-refractivity contribution in [3.8, 4) is 0 Å². The number of rotatable bonds is 3. The molecule has 0 radical (unpaired) electrons. The number of nitrogens with zero attached hydrogens (tertiary/aromatic N) is 1. The van der Waals surface area contributed by atoms with E-state index in [4.69, 9.17) is 11.6 Å². The molecule has 0 unspecified atom stereocenters. The van der Waals surface area contributed by atoms with E-state index in [2.05, 4.69) is 0 Å². The van der Waals surface area contributed by atoms with E-state index in [1.807, 2.05) is 45.0 Å². The predicted octanol–water partition coefficient (Wildman–Crippen LogP) is 3.39. The summed E-state index contributed by atoms with van der Waals surface area (Å²) >= 11 is 0. The Labute approximate surface area is 124 Å². The third-order valence-electron chi connectivity index (χ3n) is 3.28. The first-order chi connectivity index (χ1) is 9.86. The van der Waals surface area contributed by atoms with Crippen LogP contribution in [0.3, 0.4) is 0 Å². The van der Waals surface area contributed by atoms with Gasteiger partial charge in [-0.25, -0.2) is 10.2 Å². The van der Waals surface area contributed by atoms with Crippen LogP contribution in [0.4, 0.5) is 10.1 Å². The van der Waals surface area contributed by atoms with E-state index in [9.17, 15) is 4.39 Å². The Morgan fingerprint density at radius 3 is 2.38 bits per heavy atom. The molecular weight excluding hydrogens is 265 g/mol. The van der Waals surface area contributed by atoms with Gasteiger partial charge >= 0.3 is 0 Å². The highest BCUT2D eigenvalue weighted by Gasteiger charge is 2.06. The van der Waals surface area contributed by atoms with E-state index in [0.717, 1.165) is 16.8 Å². The zero-order valence-corrected chi connectivity index (χ0v) is 12.5. The molecule has 110 valence electrons. The van der Waals surface area contributed by atoms with Gasteiger partial charge in [0.05, 0.1) is 11.4 Å². The van der Waals surface area contributed by atoms with Crippen LogP contribution in [-0.2, 0) is 0 Å². The minimum atomic E-state index is -0.309. The quantitative estimate of drug-likeness (QED) is 0.671. The third-order valence-corrected chi connectivity index (χ3v) is 3.28. The lowest BCUT2D eigenvalue weighted by Crippen LogP contribution is -2.26. The molecule has 4 heteroatoms. The highest BCUT2D eigenvalue weighted by Crippen LogP contribution is 2.21. The molecule has 2 aromatic carbocycles. The van der Waals surface area contributed by atoms with Gasteiger partial charge in [-0.3, -0.25) is 5.01 Å². The summed E-state index contributed by atoms with van der Waals surface area (Å²) in [7, 11) is 0.